The lowest BCUT2D eigenvalue weighted by atomic mass is 10.1. The quantitative estimate of drug-likeness (QED) is 0.854. The van der Waals surface area contributed by atoms with E-state index in [1.54, 1.807) is 30.7 Å². The molecule has 1 aromatic heterocycles. The maximum absolute atomic E-state index is 13.1. The van der Waals surface area contributed by atoms with E-state index in [1.807, 2.05) is 13.8 Å². The van der Waals surface area contributed by atoms with Crippen molar-refractivity contribution in [3.05, 3.63) is 47.0 Å². The van der Waals surface area contributed by atoms with Gasteiger partial charge in [-0.25, -0.2) is 9.07 Å². The van der Waals surface area contributed by atoms with Gasteiger partial charge in [-0.3, -0.25) is 4.79 Å². The first kappa shape index (κ1) is 18.1. The number of aliphatic hydroxyl groups excluding tert-OH is 1. The second-order valence-corrected chi connectivity index (χ2v) is 6.43. The molecule has 24 heavy (non-hydrogen) atoms. The third-order valence-electron chi connectivity index (χ3n) is 3.83. The van der Waals surface area contributed by atoms with E-state index in [4.69, 9.17) is 0 Å². The zero-order valence-corrected chi connectivity index (χ0v) is 14.5. The number of carbonyl (C=O) groups is 1. The van der Waals surface area contributed by atoms with Crippen LogP contribution in [0, 0.1) is 25.6 Å². The smallest absolute Gasteiger partial charge is 0.255 e. The average molecular weight is 333 g/mol. The van der Waals surface area contributed by atoms with E-state index in [-0.39, 0.29) is 18.3 Å². The SMILES string of the molecule is Cc1nn(-c2ccc(F)cc2)c(C)c1C(=O)NCC(O)CC(C)C. The van der Waals surface area contributed by atoms with Crippen LogP contribution in [0.25, 0.3) is 5.69 Å². The number of nitrogens with zero attached hydrogens (tertiary/aromatic N) is 2. The highest BCUT2D eigenvalue weighted by molar-refractivity contribution is 5.96. The van der Waals surface area contributed by atoms with E-state index in [0.717, 1.165) is 0 Å². The summed E-state index contributed by atoms with van der Waals surface area (Å²) in [7, 11) is 0. The van der Waals surface area contributed by atoms with Gasteiger partial charge in [0.05, 0.1) is 28.7 Å². The predicted molar refractivity (Wildman–Crippen MR) is 90.8 cm³/mol. The van der Waals surface area contributed by atoms with Gasteiger partial charge in [0.1, 0.15) is 5.82 Å². The molecule has 6 heteroatoms. The van der Waals surface area contributed by atoms with Gasteiger partial charge < -0.3 is 10.4 Å². The van der Waals surface area contributed by atoms with Crippen LogP contribution in [0.3, 0.4) is 0 Å². The summed E-state index contributed by atoms with van der Waals surface area (Å²) in [6.07, 6.45) is 0.0642. The molecular weight excluding hydrogens is 309 g/mol. The third kappa shape index (κ3) is 4.20. The molecule has 0 saturated heterocycles. The van der Waals surface area contributed by atoms with Crippen LogP contribution in [0.15, 0.2) is 24.3 Å². The van der Waals surface area contributed by atoms with Crippen molar-refractivity contribution in [2.75, 3.05) is 6.54 Å². The minimum Gasteiger partial charge on any atom is -0.391 e. The van der Waals surface area contributed by atoms with E-state index in [2.05, 4.69) is 10.4 Å². The Hall–Kier alpha value is -2.21. The number of aryl methyl sites for hydroxylation is 1. The molecule has 0 aliphatic heterocycles. The molecule has 0 aliphatic carbocycles. The Morgan fingerprint density at radius 2 is 1.92 bits per heavy atom. The summed E-state index contributed by atoms with van der Waals surface area (Å²) in [6, 6.07) is 5.94. The summed E-state index contributed by atoms with van der Waals surface area (Å²) in [5, 5.41) is 17.0. The summed E-state index contributed by atoms with van der Waals surface area (Å²) in [4.78, 5) is 12.4. The van der Waals surface area contributed by atoms with Crippen molar-refractivity contribution in [1.29, 1.82) is 0 Å². The lowest BCUT2D eigenvalue weighted by Crippen LogP contribution is -2.33. The molecule has 0 fully saturated rings. The Kier molecular flexibility index (Phi) is 5.72. The summed E-state index contributed by atoms with van der Waals surface area (Å²) in [6.45, 7) is 7.80. The number of aliphatic hydroxyl groups is 1. The molecule has 2 N–H and O–H groups in total. The monoisotopic (exact) mass is 333 g/mol. The third-order valence-corrected chi connectivity index (χ3v) is 3.83. The Bertz CT molecular complexity index is 708. The summed E-state index contributed by atoms with van der Waals surface area (Å²) >= 11 is 0. The first-order valence-corrected chi connectivity index (χ1v) is 8.08. The number of carbonyl (C=O) groups excluding carboxylic acids is 1. The van der Waals surface area contributed by atoms with Crippen LogP contribution in [0.4, 0.5) is 4.39 Å². The maximum Gasteiger partial charge on any atom is 0.255 e. The molecule has 5 nitrogen and oxygen atoms in total. The highest BCUT2D eigenvalue weighted by Crippen LogP contribution is 2.18. The number of benzene rings is 1. The largest absolute Gasteiger partial charge is 0.391 e. The van der Waals surface area contributed by atoms with Crippen LogP contribution in [0.2, 0.25) is 0 Å². The van der Waals surface area contributed by atoms with Crippen molar-refractivity contribution >= 4 is 5.91 Å². The zero-order valence-electron chi connectivity index (χ0n) is 14.5. The number of nitrogens with one attached hydrogen (secondary N) is 1. The first-order chi connectivity index (χ1) is 11.3. The van der Waals surface area contributed by atoms with Crippen LogP contribution >= 0.6 is 0 Å². The molecule has 2 rings (SSSR count). The summed E-state index contributed by atoms with van der Waals surface area (Å²) in [5.74, 6) is -0.222. The number of rotatable bonds is 6. The first-order valence-electron chi connectivity index (χ1n) is 8.08. The van der Waals surface area contributed by atoms with Gasteiger partial charge >= 0.3 is 0 Å². The van der Waals surface area contributed by atoms with Crippen molar-refractivity contribution in [3.8, 4) is 5.69 Å². The molecule has 0 saturated carbocycles. The molecule has 1 heterocycles. The Labute approximate surface area is 141 Å². The zero-order chi connectivity index (χ0) is 17.9. The highest BCUT2D eigenvalue weighted by atomic mass is 19.1. The second-order valence-electron chi connectivity index (χ2n) is 6.43. The van der Waals surface area contributed by atoms with Gasteiger partial charge in [0, 0.05) is 6.54 Å². The molecule has 0 spiro atoms. The lowest BCUT2D eigenvalue weighted by molar-refractivity contribution is 0.0899. The number of aromatic nitrogens is 2. The van der Waals surface area contributed by atoms with E-state index >= 15 is 0 Å². The van der Waals surface area contributed by atoms with Crippen LogP contribution in [-0.4, -0.2) is 33.4 Å². The Morgan fingerprint density at radius 1 is 1.29 bits per heavy atom. The summed E-state index contributed by atoms with van der Waals surface area (Å²) in [5.41, 5.74) is 2.44. The van der Waals surface area contributed by atoms with Crippen LogP contribution in [0.5, 0.6) is 0 Å². The molecule has 2 aromatic rings. The fraction of sp³-hybridized carbons (Fsp3) is 0.444. The molecule has 0 radical (unpaired) electrons. The number of hydrogen-bond acceptors (Lipinski definition) is 3. The van der Waals surface area contributed by atoms with E-state index in [1.165, 1.54) is 12.1 Å². The number of amides is 1. The fourth-order valence-corrected chi connectivity index (χ4v) is 2.73. The maximum atomic E-state index is 13.1. The van der Waals surface area contributed by atoms with Crippen LogP contribution in [-0.2, 0) is 0 Å². The Balaban J connectivity index is 2.16. The summed E-state index contributed by atoms with van der Waals surface area (Å²) < 4.78 is 14.7. The van der Waals surface area contributed by atoms with Crippen molar-refractivity contribution in [3.63, 3.8) is 0 Å². The number of hydrogen-bond donors (Lipinski definition) is 2. The minimum absolute atomic E-state index is 0.206. The second kappa shape index (κ2) is 7.57. The molecule has 1 atom stereocenters. The van der Waals surface area contributed by atoms with Crippen molar-refractivity contribution in [2.45, 2.75) is 40.2 Å². The van der Waals surface area contributed by atoms with Crippen molar-refractivity contribution in [1.82, 2.24) is 15.1 Å². The standard InChI is InChI=1S/C18H24FN3O2/c1-11(2)9-16(23)10-20-18(24)17-12(3)21-22(13(17)4)15-7-5-14(19)6-8-15/h5-8,11,16,23H,9-10H2,1-4H3,(H,20,24). The predicted octanol–water partition coefficient (Wildman–Crippen LogP) is 2.77. The molecule has 1 amide bonds. The Morgan fingerprint density at radius 3 is 2.50 bits per heavy atom. The van der Waals surface area contributed by atoms with Gasteiger partial charge in [-0.05, 0) is 50.5 Å². The van der Waals surface area contributed by atoms with E-state index in [0.29, 0.717) is 35.0 Å². The lowest BCUT2D eigenvalue weighted by Gasteiger charge is -2.14. The minimum atomic E-state index is -0.568. The molecule has 130 valence electrons. The normalized spacial score (nSPS) is 12.5. The molecule has 0 aliphatic rings. The van der Waals surface area contributed by atoms with Gasteiger partial charge in [-0.1, -0.05) is 13.8 Å². The van der Waals surface area contributed by atoms with Crippen LogP contribution in [0.1, 0.15) is 42.0 Å². The number of halogens is 1. The molecular formula is C18H24FN3O2. The van der Waals surface area contributed by atoms with Gasteiger partial charge in [0.15, 0.2) is 0 Å². The van der Waals surface area contributed by atoms with E-state index < -0.39 is 6.10 Å². The van der Waals surface area contributed by atoms with Crippen molar-refractivity contribution in [2.24, 2.45) is 5.92 Å². The fourth-order valence-electron chi connectivity index (χ4n) is 2.73. The molecule has 1 aromatic carbocycles. The van der Waals surface area contributed by atoms with Crippen molar-refractivity contribution < 1.29 is 14.3 Å². The van der Waals surface area contributed by atoms with Gasteiger partial charge in [-0.2, -0.15) is 5.10 Å². The van der Waals surface area contributed by atoms with E-state index in [9.17, 15) is 14.3 Å². The topological polar surface area (TPSA) is 67.2 Å². The van der Waals surface area contributed by atoms with Crippen LogP contribution < -0.4 is 5.32 Å². The van der Waals surface area contributed by atoms with Gasteiger partial charge in [-0.15, -0.1) is 0 Å². The van der Waals surface area contributed by atoms with Gasteiger partial charge in [0.25, 0.3) is 5.91 Å². The molecule has 1 unspecified atom stereocenters. The average Bonchev–Trinajstić information content (AvgIpc) is 2.80. The van der Waals surface area contributed by atoms with Gasteiger partial charge in [0.2, 0.25) is 0 Å². The highest BCUT2D eigenvalue weighted by Gasteiger charge is 2.20. The molecule has 0 bridgehead atoms.